The summed E-state index contributed by atoms with van der Waals surface area (Å²) in [6.45, 7) is 4.72. The summed E-state index contributed by atoms with van der Waals surface area (Å²) in [6, 6.07) is 16.7. The molecule has 2 N–H and O–H groups in total. The van der Waals surface area contributed by atoms with Crippen molar-refractivity contribution >= 4 is 29.1 Å². The number of azo groups is 1. The van der Waals surface area contributed by atoms with E-state index in [0.29, 0.717) is 5.56 Å². The van der Waals surface area contributed by atoms with Gasteiger partial charge in [0.1, 0.15) is 30.4 Å². The van der Waals surface area contributed by atoms with E-state index in [-0.39, 0.29) is 47.0 Å². The molecule has 0 aromatic heterocycles. The van der Waals surface area contributed by atoms with E-state index in [1.165, 1.54) is 25.1 Å². The molecular weight excluding hydrogens is 452 g/mol. The number of esters is 2. The third-order valence-corrected chi connectivity index (χ3v) is 4.63. The number of hydrogen-bond acceptors (Lipinski definition) is 9. The van der Waals surface area contributed by atoms with E-state index in [0.717, 1.165) is 6.07 Å². The summed E-state index contributed by atoms with van der Waals surface area (Å²) in [5.74, 6) is -2.45. The van der Waals surface area contributed by atoms with Crippen LogP contribution in [0.2, 0.25) is 0 Å². The molecule has 0 amide bonds. The van der Waals surface area contributed by atoms with Gasteiger partial charge in [0.05, 0.1) is 16.8 Å². The Labute approximate surface area is 201 Å². The molecule has 0 fully saturated rings. The summed E-state index contributed by atoms with van der Waals surface area (Å²) in [7, 11) is 0. The SMILES string of the molecule is C=C(C)C(=O)OCCOC(=O)c1cccc(/N=N/c2cc(C(=O)c3ccccc3)c(O)cc2O)c1. The van der Waals surface area contributed by atoms with Gasteiger partial charge < -0.3 is 19.7 Å². The average Bonchev–Trinajstić information content (AvgIpc) is 2.86. The molecular formula is C26H22N2O7. The number of ether oxygens (including phenoxy) is 2. The number of phenols is 2. The van der Waals surface area contributed by atoms with Crippen LogP contribution < -0.4 is 0 Å². The van der Waals surface area contributed by atoms with Gasteiger partial charge in [-0.2, -0.15) is 5.11 Å². The van der Waals surface area contributed by atoms with E-state index in [2.05, 4.69) is 16.8 Å². The van der Waals surface area contributed by atoms with E-state index in [1.807, 2.05) is 0 Å². The van der Waals surface area contributed by atoms with Gasteiger partial charge in [0.15, 0.2) is 5.78 Å². The molecule has 0 saturated carbocycles. The monoisotopic (exact) mass is 474 g/mol. The maximum absolute atomic E-state index is 12.7. The van der Waals surface area contributed by atoms with Gasteiger partial charge in [0.2, 0.25) is 0 Å². The summed E-state index contributed by atoms with van der Waals surface area (Å²) in [4.78, 5) is 36.3. The molecule has 0 aliphatic rings. The Morgan fingerprint density at radius 3 is 2.23 bits per heavy atom. The maximum Gasteiger partial charge on any atom is 0.338 e. The van der Waals surface area contributed by atoms with Crippen LogP contribution in [0.5, 0.6) is 11.5 Å². The minimum atomic E-state index is -0.656. The lowest BCUT2D eigenvalue weighted by Gasteiger charge is -2.07. The van der Waals surface area contributed by atoms with Crippen molar-refractivity contribution in [3.63, 3.8) is 0 Å². The molecule has 0 heterocycles. The highest BCUT2D eigenvalue weighted by atomic mass is 16.6. The van der Waals surface area contributed by atoms with Crippen LogP contribution in [0.4, 0.5) is 11.4 Å². The van der Waals surface area contributed by atoms with Gasteiger partial charge in [-0.25, -0.2) is 9.59 Å². The van der Waals surface area contributed by atoms with Crippen molar-refractivity contribution in [2.45, 2.75) is 6.92 Å². The van der Waals surface area contributed by atoms with Crippen molar-refractivity contribution in [2.24, 2.45) is 10.2 Å². The minimum absolute atomic E-state index is 0.0469. The van der Waals surface area contributed by atoms with Crippen LogP contribution in [0, 0.1) is 0 Å². The molecule has 0 radical (unpaired) electrons. The van der Waals surface area contributed by atoms with Crippen LogP contribution in [0.3, 0.4) is 0 Å². The van der Waals surface area contributed by atoms with Crippen molar-refractivity contribution in [1.29, 1.82) is 0 Å². The maximum atomic E-state index is 12.7. The summed E-state index contributed by atoms with van der Waals surface area (Å²) in [5.41, 5.74) is 0.962. The van der Waals surface area contributed by atoms with Gasteiger partial charge in [-0.15, -0.1) is 5.11 Å². The lowest BCUT2D eigenvalue weighted by molar-refractivity contribution is -0.140. The second-order valence-corrected chi connectivity index (χ2v) is 7.36. The predicted molar refractivity (Wildman–Crippen MR) is 126 cm³/mol. The van der Waals surface area contributed by atoms with Crippen molar-refractivity contribution in [2.75, 3.05) is 13.2 Å². The molecule has 9 heteroatoms. The first kappa shape index (κ1) is 24.8. The van der Waals surface area contributed by atoms with E-state index in [1.54, 1.807) is 42.5 Å². The summed E-state index contributed by atoms with van der Waals surface area (Å²) in [6.07, 6.45) is 0. The Hall–Kier alpha value is -4.79. The van der Waals surface area contributed by atoms with Crippen LogP contribution in [0.25, 0.3) is 0 Å². The number of aromatic hydroxyl groups is 2. The second-order valence-electron chi connectivity index (χ2n) is 7.36. The van der Waals surface area contributed by atoms with Gasteiger partial charge in [0, 0.05) is 17.2 Å². The molecule has 0 unspecified atom stereocenters. The average molecular weight is 474 g/mol. The lowest BCUT2D eigenvalue weighted by atomic mass is 10.0. The van der Waals surface area contributed by atoms with Gasteiger partial charge in [-0.05, 0) is 31.2 Å². The fourth-order valence-corrected chi connectivity index (χ4v) is 2.85. The van der Waals surface area contributed by atoms with E-state index in [9.17, 15) is 24.6 Å². The highest BCUT2D eigenvalue weighted by Gasteiger charge is 2.17. The molecule has 0 bridgehead atoms. The molecule has 0 atom stereocenters. The van der Waals surface area contributed by atoms with Crippen LogP contribution in [0.1, 0.15) is 33.2 Å². The largest absolute Gasteiger partial charge is 0.507 e. The predicted octanol–water partition coefficient (Wildman–Crippen LogP) is 5.02. The topological polar surface area (TPSA) is 135 Å². The number of carbonyl (C=O) groups excluding carboxylic acids is 3. The van der Waals surface area contributed by atoms with E-state index in [4.69, 9.17) is 9.47 Å². The number of rotatable bonds is 9. The normalized spacial score (nSPS) is 10.7. The number of ketones is 1. The van der Waals surface area contributed by atoms with Crippen LogP contribution >= 0.6 is 0 Å². The second kappa shape index (κ2) is 11.4. The molecule has 3 aromatic rings. The number of benzene rings is 3. The van der Waals surface area contributed by atoms with Crippen LogP contribution in [0.15, 0.2) is 89.1 Å². The van der Waals surface area contributed by atoms with Crippen molar-refractivity contribution in [1.82, 2.24) is 0 Å². The van der Waals surface area contributed by atoms with Crippen molar-refractivity contribution in [3.05, 3.63) is 95.6 Å². The molecule has 3 aromatic carbocycles. The van der Waals surface area contributed by atoms with E-state index >= 15 is 0 Å². The molecule has 0 aliphatic heterocycles. The highest BCUT2D eigenvalue weighted by Crippen LogP contribution is 2.35. The standard InChI is InChI=1S/C26H22N2O7/c1-16(2)25(32)34-11-12-35-26(33)18-9-6-10-19(13-18)27-28-21-14-20(22(29)15-23(21)30)24(31)17-7-4-3-5-8-17/h3-10,13-15,29-30H,1,11-12H2,2H3/b28-27+. The third-order valence-electron chi connectivity index (χ3n) is 4.63. The summed E-state index contributed by atoms with van der Waals surface area (Å²) >= 11 is 0. The van der Waals surface area contributed by atoms with Gasteiger partial charge in [-0.3, -0.25) is 4.79 Å². The number of carbonyl (C=O) groups is 3. The Bertz CT molecular complexity index is 1300. The lowest BCUT2D eigenvalue weighted by Crippen LogP contribution is -2.14. The Morgan fingerprint density at radius 1 is 0.829 bits per heavy atom. The first-order valence-electron chi connectivity index (χ1n) is 10.4. The first-order chi connectivity index (χ1) is 16.8. The quantitative estimate of drug-likeness (QED) is 0.146. The Kier molecular flexibility index (Phi) is 8.07. The molecule has 3 rings (SSSR count). The first-order valence-corrected chi connectivity index (χ1v) is 10.4. The smallest absolute Gasteiger partial charge is 0.338 e. The number of phenolic OH excluding ortho intramolecular Hbond substituents is 2. The molecule has 9 nitrogen and oxygen atoms in total. The van der Waals surface area contributed by atoms with Crippen LogP contribution in [-0.4, -0.2) is 41.1 Å². The molecule has 35 heavy (non-hydrogen) atoms. The van der Waals surface area contributed by atoms with Gasteiger partial charge in [0.25, 0.3) is 0 Å². The van der Waals surface area contributed by atoms with Crippen LogP contribution in [-0.2, 0) is 14.3 Å². The van der Waals surface area contributed by atoms with E-state index < -0.39 is 23.5 Å². The van der Waals surface area contributed by atoms with Crippen molar-refractivity contribution < 1.29 is 34.1 Å². The fraction of sp³-hybridized carbons (Fsp3) is 0.115. The number of nitrogens with zero attached hydrogens (tertiary/aromatic N) is 2. The molecule has 178 valence electrons. The highest BCUT2D eigenvalue weighted by molar-refractivity contribution is 6.11. The van der Waals surface area contributed by atoms with Gasteiger partial charge >= 0.3 is 11.9 Å². The molecule has 0 spiro atoms. The molecule has 0 saturated heterocycles. The third kappa shape index (κ3) is 6.61. The number of hydrogen-bond donors (Lipinski definition) is 2. The minimum Gasteiger partial charge on any atom is -0.507 e. The zero-order valence-electron chi connectivity index (χ0n) is 18.8. The zero-order valence-corrected chi connectivity index (χ0v) is 18.8. The Balaban J connectivity index is 1.72. The summed E-state index contributed by atoms with van der Waals surface area (Å²) < 4.78 is 9.93. The zero-order chi connectivity index (χ0) is 25.4. The fourth-order valence-electron chi connectivity index (χ4n) is 2.85. The Morgan fingerprint density at radius 2 is 1.51 bits per heavy atom. The van der Waals surface area contributed by atoms with Crippen molar-refractivity contribution in [3.8, 4) is 11.5 Å². The van der Waals surface area contributed by atoms with Gasteiger partial charge in [-0.1, -0.05) is 43.0 Å². The summed E-state index contributed by atoms with van der Waals surface area (Å²) in [5, 5.41) is 28.2. The molecule has 0 aliphatic carbocycles.